The standard InChI is InChI=1S/C14H23N3O2S/c1-10-5-11(10)9-17(2)20(18,19)14-6-13(16-8-14)7-15-12-3-4-12/h6,8,10-12,15-16H,3-5,7,9H2,1-2H3. The summed E-state index contributed by atoms with van der Waals surface area (Å²) in [5.41, 5.74) is 0.934. The molecule has 2 fully saturated rings. The lowest BCUT2D eigenvalue weighted by molar-refractivity contribution is 0.445. The van der Waals surface area contributed by atoms with Crippen molar-refractivity contribution in [3.05, 3.63) is 18.0 Å². The molecule has 2 aliphatic carbocycles. The van der Waals surface area contributed by atoms with E-state index in [1.807, 2.05) is 0 Å². The van der Waals surface area contributed by atoms with Crippen LogP contribution in [0.2, 0.25) is 0 Å². The minimum atomic E-state index is -3.35. The molecule has 2 atom stereocenters. The highest BCUT2D eigenvalue weighted by Crippen LogP contribution is 2.38. The Kier molecular flexibility index (Phi) is 3.64. The van der Waals surface area contributed by atoms with Crippen LogP contribution in [0.25, 0.3) is 0 Å². The van der Waals surface area contributed by atoms with Gasteiger partial charge in [0.2, 0.25) is 10.0 Å². The number of aromatic nitrogens is 1. The van der Waals surface area contributed by atoms with Gasteiger partial charge in [-0.15, -0.1) is 0 Å². The van der Waals surface area contributed by atoms with Crippen LogP contribution in [0.3, 0.4) is 0 Å². The summed E-state index contributed by atoms with van der Waals surface area (Å²) in [5.74, 6) is 1.20. The summed E-state index contributed by atoms with van der Waals surface area (Å²) in [4.78, 5) is 3.44. The topological polar surface area (TPSA) is 65.2 Å². The van der Waals surface area contributed by atoms with Crippen molar-refractivity contribution in [2.24, 2.45) is 11.8 Å². The molecule has 0 spiro atoms. The first-order valence-electron chi connectivity index (χ1n) is 7.34. The molecule has 1 aromatic rings. The number of rotatable bonds is 7. The Morgan fingerprint density at radius 3 is 2.75 bits per heavy atom. The van der Waals surface area contributed by atoms with Gasteiger partial charge in [0.05, 0.1) is 4.90 Å². The fraction of sp³-hybridized carbons (Fsp3) is 0.714. The normalized spacial score (nSPS) is 26.1. The lowest BCUT2D eigenvalue weighted by atomic mass is 10.3. The number of nitrogens with one attached hydrogen (secondary N) is 2. The van der Waals surface area contributed by atoms with Gasteiger partial charge in [0, 0.05) is 38.1 Å². The highest BCUT2D eigenvalue weighted by molar-refractivity contribution is 7.89. The zero-order chi connectivity index (χ0) is 14.3. The van der Waals surface area contributed by atoms with E-state index in [1.165, 1.54) is 17.1 Å². The molecule has 0 saturated heterocycles. The Morgan fingerprint density at radius 2 is 2.15 bits per heavy atom. The van der Waals surface area contributed by atoms with E-state index < -0.39 is 10.0 Å². The third kappa shape index (κ3) is 3.07. The van der Waals surface area contributed by atoms with Crippen LogP contribution in [-0.2, 0) is 16.6 Å². The van der Waals surface area contributed by atoms with Gasteiger partial charge in [0.25, 0.3) is 0 Å². The molecule has 2 N–H and O–H groups in total. The number of hydrogen-bond acceptors (Lipinski definition) is 3. The number of H-pyrrole nitrogens is 1. The monoisotopic (exact) mass is 297 g/mol. The molecule has 112 valence electrons. The Labute approximate surface area is 120 Å². The van der Waals surface area contributed by atoms with Crippen molar-refractivity contribution in [3.8, 4) is 0 Å². The van der Waals surface area contributed by atoms with Crippen LogP contribution in [-0.4, -0.2) is 37.3 Å². The molecule has 0 aromatic carbocycles. The van der Waals surface area contributed by atoms with Gasteiger partial charge in [-0.05, 0) is 37.2 Å². The van der Waals surface area contributed by atoms with E-state index in [9.17, 15) is 8.42 Å². The predicted octanol–water partition coefficient (Wildman–Crippen LogP) is 1.54. The summed E-state index contributed by atoms with van der Waals surface area (Å²) in [6.45, 7) is 3.51. The fourth-order valence-electron chi connectivity index (χ4n) is 2.47. The Morgan fingerprint density at radius 1 is 1.45 bits per heavy atom. The summed E-state index contributed by atoms with van der Waals surface area (Å²) in [7, 11) is -1.67. The summed E-state index contributed by atoms with van der Waals surface area (Å²) in [5, 5.41) is 3.38. The minimum Gasteiger partial charge on any atom is -0.363 e. The predicted molar refractivity (Wildman–Crippen MR) is 77.7 cm³/mol. The SMILES string of the molecule is CC1CC1CN(C)S(=O)(=O)c1c[nH]c(CNC2CC2)c1. The zero-order valence-electron chi connectivity index (χ0n) is 12.1. The molecule has 1 aromatic heterocycles. The molecule has 0 bridgehead atoms. The molecule has 0 amide bonds. The largest absolute Gasteiger partial charge is 0.363 e. The van der Waals surface area contributed by atoms with Crippen molar-refractivity contribution in [1.82, 2.24) is 14.6 Å². The molecular weight excluding hydrogens is 274 g/mol. The second-order valence-electron chi connectivity index (χ2n) is 6.27. The Hall–Kier alpha value is -0.850. The number of sulfonamides is 1. The van der Waals surface area contributed by atoms with Crippen LogP contribution >= 0.6 is 0 Å². The van der Waals surface area contributed by atoms with E-state index in [4.69, 9.17) is 0 Å². The van der Waals surface area contributed by atoms with Gasteiger partial charge < -0.3 is 10.3 Å². The van der Waals surface area contributed by atoms with Gasteiger partial charge in [-0.3, -0.25) is 0 Å². The molecule has 6 heteroatoms. The van der Waals surface area contributed by atoms with Crippen molar-refractivity contribution >= 4 is 10.0 Å². The van der Waals surface area contributed by atoms with E-state index in [0.29, 0.717) is 35.9 Å². The van der Waals surface area contributed by atoms with Gasteiger partial charge in [-0.2, -0.15) is 0 Å². The number of aromatic amines is 1. The zero-order valence-corrected chi connectivity index (χ0v) is 12.9. The first kappa shape index (κ1) is 14.1. The molecule has 20 heavy (non-hydrogen) atoms. The van der Waals surface area contributed by atoms with E-state index >= 15 is 0 Å². The van der Waals surface area contributed by atoms with Gasteiger partial charge in [-0.1, -0.05) is 6.92 Å². The molecular formula is C14H23N3O2S. The molecule has 2 aliphatic rings. The van der Waals surface area contributed by atoms with Gasteiger partial charge in [0.1, 0.15) is 0 Å². The highest BCUT2D eigenvalue weighted by Gasteiger charge is 2.36. The minimum absolute atomic E-state index is 0.376. The van der Waals surface area contributed by atoms with Gasteiger partial charge >= 0.3 is 0 Å². The first-order valence-corrected chi connectivity index (χ1v) is 8.78. The van der Waals surface area contributed by atoms with E-state index in [1.54, 1.807) is 19.3 Å². The van der Waals surface area contributed by atoms with Crippen LogP contribution in [0.4, 0.5) is 0 Å². The first-order chi connectivity index (χ1) is 9.46. The van der Waals surface area contributed by atoms with Crippen molar-refractivity contribution in [2.45, 2.75) is 43.7 Å². The van der Waals surface area contributed by atoms with Crippen LogP contribution in [0.5, 0.6) is 0 Å². The maximum atomic E-state index is 12.5. The number of nitrogens with zero attached hydrogens (tertiary/aromatic N) is 1. The average Bonchev–Trinajstić information content (AvgIpc) is 3.29. The molecule has 1 heterocycles. The molecule has 2 saturated carbocycles. The quantitative estimate of drug-likeness (QED) is 0.802. The van der Waals surface area contributed by atoms with Crippen molar-refractivity contribution in [3.63, 3.8) is 0 Å². The van der Waals surface area contributed by atoms with Crippen LogP contribution in [0.1, 0.15) is 31.9 Å². The molecule has 0 radical (unpaired) electrons. The number of hydrogen-bond donors (Lipinski definition) is 2. The van der Waals surface area contributed by atoms with Crippen LogP contribution in [0.15, 0.2) is 17.2 Å². The summed E-state index contributed by atoms with van der Waals surface area (Å²) in [6, 6.07) is 2.37. The summed E-state index contributed by atoms with van der Waals surface area (Å²) < 4.78 is 26.4. The van der Waals surface area contributed by atoms with Crippen molar-refractivity contribution in [1.29, 1.82) is 0 Å². The van der Waals surface area contributed by atoms with E-state index in [0.717, 1.165) is 12.1 Å². The van der Waals surface area contributed by atoms with Crippen molar-refractivity contribution < 1.29 is 8.42 Å². The third-order valence-electron chi connectivity index (χ3n) is 4.35. The Bertz CT molecular complexity index is 577. The molecule has 0 aliphatic heterocycles. The second-order valence-corrected chi connectivity index (χ2v) is 8.32. The summed E-state index contributed by atoms with van der Waals surface area (Å²) >= 11 is 0. The summed E-state index contributed by atoms with van der Waals surface area (Å²) in [6.07, 6.45) is 5.21. The third-order valence-corrected chi connectivity index (χ3v) is 6.15. The highest BCUT2D eigenvalue weighted by atomic mass is 32.2. The van der Waals surface area contributed by atoms with Crippen LogP contribution in [0, 0.1) is 11.8 Å². The molecule has 3 rings (SSSR count). The molecule has 2 unspecified atom stereocenters. The van der Waals surface area contributed by atoms with Gasteiger partial charge in [0.15, 0.2) is 0 Å². The van der Waals surface area contributed by atoms with Gasteiger partial charge in [-0.25, -0.2) is 12.7 Å². The maximum Gasteiger partial charge on any atom is 0.244 e. The van der Waals surface area contributed by atoms with E-state index in [-0.39, 0.29) is 0 Å². The lowest BCUT2D eigenvalue weighted by Crippen LogP contribution is -2.29. The Balaban J connectivity index is 1.63. The van der Waals surface area contributed by atoms with Crippen molar-refractivity contribution in [2.75, 3.05) is 13.6 Å². The van der Waals surface area contributed by atoms with E-state index in [2.05, 4.69) is 17.2 Å². The molecule has 5 nitrogen and oxygen atoms in total. The fourth-order valence-corrected chi connectivity index (χ4v) is 3.72. The second kappa shape index (κ2) is 5.16. The van der Waals surface area contributed by atoms with Crippen LogP contribution < -0.4 is 5.32 Å². The maximum absolute atomic E-state index is 12.5. The lowest BCUT2D eigenvalue weighted by Gasteiger charge is -2.15. The smallest absolute Gasteiger partial charge is 0.244 e. The average molecular weight is 297 g/mol.